The van der Waals surface area contributed by atoms with Crippen molar-refractivity contribution in [3.63, 3.8) is 0 Å². The van der Waals surface area contributed by atoms with Crippen molar-refractivity contribution < 1.29 is 0 Å². The van der Waals surface area contributed by atoms with Crippen molar-refractivity contribution >= 4 is 18.4 Å². The van der Waals surface area contributed by atoms with E-state index in [0.717, 1.165) is 17.8 Å². The van der Waals surface area contributed by atoms with Gasteiger partial charge in [-0.05, 0) is 56.3 Å². The first kappa shape index (κ1) is 12.0. The van der Waals surface area contributed by atoms with Gasteiger partial charge in [-0.1, -0.05) is 0 Å². The van der Waals surface area contributed by atoms with Crippen molar-refractivity contribution in [2.75, 3.05) is 7.05 Å². The van der Waals surface area contributed by atoms with E-state index >= 15 is 0 Å². The second kappa shape index (κ2) is 4.10. The molecule has 0 spiro atoms. The molecule has 4 aliphatic rings. The van der Waals surface area contributed by atoms with E-state index < -0.39 is 0 Å². The fourth-order valence-corrected chi connectivity index (χ4v) is 4.59. The van der Waals surface area contributed by atoms with E-state index in [0.29, 0.717) is 11.5 Å². The number of guanidine groups is 1. The molecule has 4 heteroatoms. The van der Waals surface area contributed by atoms with Crippen LogP contribution >= 0.6 is 12.4 Å². The molecule has 4 aliphatic carbocycles. The molecule has 92 valence electrons. The molecule has 0 radical (unpaired) electrons. The topological polar surface area (TPSA) is 50.4 Å². The third-order valence-electron chi connectivity index (χ3n) is 4.67. The number of nitrogens with two attached hydrogens (primary N) is 1. The van der Waals surface area contributed by atoms with Crippen LogP contribution in [-0.4, -0.2) is 18.5 Å². The van der Waals surface area contributed by atoms with Gasteiger partial charge >= 0.3 is 0 Å². The molecule has 0 aromatic heterocycles. The zero-order valence-corrected chi connectivity index (χ0v) is 10.7. The normalized spacial score (nSPS) is 45.3. The van der Waals surface area contributed by atoms with Crippen LogP contribution in [0.3, 0.4) is 0 Å². The highest BCUT2D eigenvalue weighted by atomic mass is 35.5. The Labute approximate surface area is 104 Å². The second-order valence-electron chi connectivity index (χ2n) is 5.93. The summed E-state index contributed by atoms with van der Waals surface area (Å²) in [4.78, 5) is 4.05. The highest BCUT2D eigenvalue weighted by Gasteiger charge is 2.51. The van der Waals surface area contributed by atoms with Crippen molar-refractivity contribution in [3.8, 4) is 0 Å². The lowest BCUT2D eigenvalue weighted by Crippen LogP contribution is -2.61. The number of aliphatic imine (C=N–C) groups is 1. The van der Waals surface area contributed by atoms with Gasteiger partial charge in [-0.3, -0.25) is 4.99 Å². The average molecular weight is 244 g/mol. The molecule has 0 amide bonds. The van der Waals surface area contributed by atoms with E-state index in [1.165, 1.54) is 38.5 Å². The number of rotatable bonds is 1. The van der Waals surface area contributed by atoms with Gasteiger partial charge in [0.05, 0.1) is 0 Å². The summed E-state index contributed by atoms with van der Waals surface area (Å²) >= 11 is 0. The Morgan fingerprint density at radius 2 is 1.56 bits per heavy atom. The third kappa shape index (κ3) is 1.90. The Kier molecular flexibility index (Phi) is 3.08. The molecular weight excluding hydrogens is 222 g/mol. The number of halogens is 1. The third-order valence-corrected chi connectivity index (χ3v) is 4.67. The molecule has 4 rings (SSSR count). The highest BCUT2D eigenvalue weighted by molar-refractivity contribution is 5.85. The summed E-state index contributed by atoms with van der Waals surface area (Å²) in [6.07, 6.45) is 8.41. The number of nitrogens with one attached hydrogen (secondary N) is 1. The Hall–Kier alpha value is -0.440. The van der Waals surface area contributed by atoms with Crippen LogP contribution in [0.2, 0.25) is 0 Å². The lowest BCUT2D eigenvalue weighted by molar-refractivity contribution is -0.0102. The molecule has 4 bridgehead atoms. The molecule has 0 saturated heterocycles. The van der Waals surface area contributed by atoms with Gasteiger partial charge in [0.15, 0.2) is 5.96 Å². The predicted molar refractivity (Wildman–Crippen MR) is 68.8 cm³/mol. The van der Waals surface area contributed by atoms with Crippen LogP contribution in [0.15, 0.2) is 4.99 Å². The van der Waals surface area contributed by atoms with Gasteiger partial charge < -0.3 is 11.1 Å². The van der Waals surface area contributed by atoms with Gasteiger partial charge in [-0.2, -0.15) is 0 Å². The Balaban J connectivity index is 0.000000963. The van der Waals surface area contributed by atoms with Crippen LogP contribution in [0.4, 0.5) is 0 Å². The first-order chi connectivity index (χ1) is 7.19. The first-order valence-corrected chi connectivity index (χ1v) is 6.19. The SMILES string of the molecule is CN=C(N)NC12CC3CC(CC(C3)C1)C2.Cl. The molecular formula is C12H22ClN3. The van der Waals surface area contributed by atoms with E-state index in [4.69, 9.17) is 5.73 Å². The van der Waals surface area contributed by atoms with E-state index in [1.807, 2.05) is 0 Å². The first-order valence-electron chi connectivity index (χ1n) is 6.19. The van der Waals surface area contributed by atoms with E-state index in [-0.39, 0.29) is 12.4 Å². The van der Waals surface area contributed by atoms with Gasteiger partial charge in [-0.15, -0.1) is 12.4 Å². The minimum atomic E-state index is 0. The van der Waals surface area contributed by atoms with Crippen molar-refractivity contribution in [1.82, 2.24) is 5.32 Å². The van der Waals surface area contributed by atoms with Gasteiger partial charge in [0.1, 0.15) is 0 Å². The molecule has 3 N–H and O–H groups in total. The monoisotopic (exact) mass is 243 g/mol. The molecule has 16 heavy (non-hydrogen) atoms. The number of hydrogen-bond acceptors (Lipinski definition) is 1. The van der Waals surface area contributed by atoms with Crippen LogP contribution in [0.25, 0.3) is 0 Å². The molecule has 4 fully saturated rings. The minimum Gasteiger partial charge on any atom is -0.370 e. The fourth-order valence-electron chi connectivity index (χ4n) is 4.59. The molecule has 0 aliphatic heterocycles. The molecule has 0 atom stereocenters. The maximum absolute atomic E-state index is 5.83. The summed E-state index contributed by atoms with van der Waals surface area (Å²) < 4.78 is 0. The predicted octanol–water partition coefficient (Wildman–Crippen LogP) is 1.91. The minimum absolute atomic E-state index is 0. The van der Waals surface area contributed by atoms with Crippen LogP contribution in [0, 0.1) is 17.8 Å². The summed E-state index contributed by atoms with van der Waals surface area (Å²) in [6.45, 7) is 0. The molecule has 4 saturated carbocycles. The van der Waals surface area contributed by atoms with Gasteiger partial charge in [0.2, 0.25) is 0 Å². The summed E-state index contributed by atoms with van der Waals surface area (Å²) in [5.41, 5.74) is 6.15. The molecule has 3 nitrogen and oxygen atoms in total. The Bertz CT molecular complexity index is 265. The maximum Gasteiger partial charge on any atom is 0.188 e. The maximum atomic E-state index is 5.83. The average Bonchev–Trinajstić information content (AvgIpc) is 2.14. The zero-order valence-electron chi connectivity index (χ0n) is 9.91. The van der Waals surface area contributed by atoms with Crippen LogP contribution in [-0.2, 0) is 0 Å². The van der Waals surface area contributed by atoms with Crippen molar-refractivity contribution in [1.29, 1.82) is 0 Å². The van der Waals surface area contributed by atoms with Crippen molar-refractivity contribution in [2.45, 2.75) is 44.1 Å². The van der Waals surface area contributed by atoms with Crippen LogP contribution in [0.1, 0.15) is 38.5 Å². The van der Waals surface area contributed by atoms with Gasteiger partial charge in [0, 0.05) is 12.6 Å². The van der Waals surface area contributed by atoms with Crippen molar-refractivity contribution in [2.24, 2.45) is 28.5 Å². The van der Waals surface area contributed by atoms with Crippen LogP contribution < -0.4 is 11.1 Å². The molecule has 0 aromatic rings. The summed E-state index contributed by atoms with van der Waals surface area (Å²) in [5.74, 6) is 3.53. The summed E-state index contributed by atoms with van der Waals surface area (Å²) in [7, 11) is 1.77. The van der Waals surface area contributed by atoms with Crippen LogP contribution in [0.5, 0.6) is 0 Å². The fraction of sp³-hybridized carbons (Fsp3) is 0.917. The lowest BCUT2D eigenvalue weighted by Gasteiger charge is -2.57. The summed E-state index contributed by atoms with van der Waals surface area (Å²) in [5, 5.41) is 3.50. The Morgan fingerprint density at radius 1 is 1.12 bits per heavy atom. The van der Waals surface area contributed by atoms with E-state index in [2.05, 4.69) is 10.3 Å². The number of hydrogen-bond donors (Lipinski definition) is 2. The van der Waals surface area contributed by atoms with Gasteiger partial charge in [0.25, 0.3) is 0 Å². The standard InChI is InChI=1S/C12H21N3.ClH/c1-14-11(13)15-12-5-8-2-9(6-12)4-10(3-8)7-12;/h8-10H,2-7H2,1H3,(H3,13,14,15);1H. The molecule has 0 aromatic carbocycles. The molecule has 0 heterocycles. The molecule has 0 unspecified atom stereocenters. The second-order valence-corrected chi connectivity index (χ2v) is 5.93. The van der Waals surface area contributed by atoms with E-state index in [9.17, 15) is 0 Å². The lowest BCUT2D eigenvalue weighted by atomic mass is 9.53. The van der Waals surface area contributed by atoms with Crippen molar-refractivity contribution in [3.05, 3.63) is 0 Å². The largest absolute Gasteiger partial charge is 0.370 e. The quantitative estimate of drug-likeness (QED) is 0.546. The summed E-state index contributed by atoms with van der Waals surface area (Å²) in [6, 6.07) is 0. The zero-order chi connectivity index (χ0) is 10.5. The van der Waals surface area contributed by atoms with Gasteiger partial charge in [-0.25, -0.2) is 0 Å². The highest BCUT2D eigenvalue weighted by Crippen LogP contribution is 2.55. The smallest absolute Gasteiger partial charge is 0.188 e. The number of nitrogens with zero attached hydrogens (tertiary/aromatic N) is 1. The van der Waals surface area contributed by atoms with E-state index in [1.54, 1.807) is 7.05 Å². The Morgan fingerprint density at radius 3 is 1.94 bits per heavy atom.